The second kappa shape index (κ2) is 14.9. The molecule has 0 N–H and O–H groups in total. The lowest BCUT2D eigenvalue weighted by Crippen LogP contribution is -2.17. The van der Waals surface area contributed by atoms with Crippen molar-refractivity contribution < 1.29 is 14.2 Å². The minimum absolute atomic E-state index is 0.827. The third-order valence-electron chi connectivity index (χ3n) is 12.1. The number of para-hydroxylation sites is 6. The molecular formula is C57H42N4O3. The molecule has 3 heterocycles. The van der Waals surface area contributed by atoms with E-state index in [1.165, 1.54) is 0 Å². The van der Waals surface area contributed by atoms with Crippen molar-refractivity contribution in [2.45, 2.75) is 20.8 Å². The first kappa shape index (κ1) is 37.4. The van der Waals surface area contributed by atoms with Crippen LogP contribution >= 0.6 is 0 Å². The zero-order valence-corrected chi connectivity index (χ0v) is 35.6. The highest BCUT2D eigenvalue weighted by Gasteiger charge is 2.29. The summed E-state index contributed by atoms with van der Waals surface area (Å²) in [6.07, 6.45) is 0. The molecule has 0 atom stereocenters. The third kappa shape index (κ3) is 6.28. The number of anilines is 12. The van der Waals surface area contributed by atoms with Crippen molar-refractivity contribution >= 4 is 68.2 Å². The Hall–Kier alpha value is -8.42. The highest BCUT2D eigenvalue weighted by atomic mass is 16.5. The quantitative estimate of drug-likeness (QED) is 0.165. The molecule has 12 rings (SSSR count). The molecular weight excluding hydrogens is 789 g/mol. The van der Waals surface area contributed by atoms with E-state index in [9.17, 15) is 0 Å². The van der Waals surface area contributed by atoms with E-state index < -0.39 is 0 Å². The van der Waals surface area contributed by atoms with Crippen LogP contribution in [0.1, 0.15) is 16.7 Å². The summed E-state index contributed by atoms with van der Waals surface area (Å²) in [6.45, 7) is 6.28. The molecule has 0 spiro atoms. The van der Waals surface area contributed by atoms with Gasteiger partial charge in [0.15, 0.2) is 34.5 Å². The van der Waals surface area contributed by atoms with Gasteiger partial charge in [-0.05, 0) is 183 Å². The van der Waals surface area contributed by atoms with Crippen LogP contribution < -0.4 is 33.8 Å². The minimum Gasteiger partial charge on any atom is -0.453 e. The maximum atomic E-state index is 6.41. The van der Waals surface area contributed by atoms with E-state index in [4.69, 9.17) is 14.2 Å². The molecule has 3 aliphatic heterocycles. The lowest BCUT2D eigenvalue weighted by Gasteiger charge is -2.34. The Balaban J connectivity index is 0.959. The van der Waals surface area contributed by atoms with Crippen molar-refractivity contribution in [1.29, 1.82) is 0 Å². The molecule has 7 heteroatoms. The number of ether oxygens (including phenoxy) is 3. The molecule has 0 saturated heterocycles. The van der Waals surface area contributed by atoms with Gasteiger partial charge in [-0.3, -0.25) is 0 Å². The van der Waals surface area contributed by atoms with E-state index in [1.54, 1.807) is 0 Å². The molecule has 3 aliphatic rings. The first-order valence-electron chi connectivity index (χ1n) is 21.6. The lowest BCUT2D eigenvalue weighted by molar-refractivity contribution is 0.476. The summed E-state index contributed by atoms with van der Waals surface area (Å²) in [5.74, 6) is 5.00. The van der Waals surface area contributed by atoms with Crippen LogP contribution in [0.2, 0.25) is 0 Å². The summed E-state index contributed by atoms with van der Waals surface area (Å²) >= 11 is 0. The highest BCUT2D eigenvalue weighted by molar-refractivity contribution is 5.91. The van der Waals surface area contributed by atoms with Crippen molar-refractivity contribution in [3.63, 3.8) is 0 Å². The number of benzene rings is 9. The van der Waals surface area contributed by atoms with Gasteiger partial charge in [-0.2, -0.15) is 0 Å². The molecule has 0 radical (unpaired) electrons. The largest absolute Gasteiger partial charge is 0.453 e. The summed E-state index contributed by atoms with van der Waals surface area (Å²) < 4.78 is 19.2. The SMILES string of the molecule is Cc1ccc2c(c1)Oc1ccccc1N2c1ccc(N(c2ccc(N3c4ccccc4Oc4cc(C)ccc43)cc2)c2ccc(N3c4ccccc4Oc4cc(C)ccc43)cc2)cc1. The molecule has 308 valence electrons. The average molecular weight is 831 g/mol. The van der Waals surface area contributed by atoms with Crippen molar-refractivity contribution in [2.75, 3.05) is 19.6 Å². The van der Waals surface area contributed by atoms with E-state index in [1.807, 2.05) is 36.4 Å². The van der Waals surface area contributed by atoms with Gasteiger partial charge in [0.1, 0.15) is 0 Å². The smallest absolute Gasteiger partial charge is 0.151 e. The van der Waals surface area contributed by atoms with Crippen LogP contribution in [0.4, 0.5) is 68.2 Å². The van der Waals surface area contributed by atoms with E-state index in [0.29, 0.717) is 0 Å². The normalized spacial score (nSPS) is 12.9. The second-order valence-corrected chi connectivity index (χ2v) is 16.5. The maximum absolute atomic E-state index is 6.41. The molecule has 0 amide bonds. The number of rotatable bonds is 6. The third-order valence-corrected chi connectivity index (χ3v) is 12.1. The topological polar surface area (TPSA) is 40.7 Å². The Morgan fingerprint density at radius 2 is 0.547 bits per heavy atom. The van der Waals surface area contributed by atoms with Gasteiger partial charge in [0.2, 0.25) is 0 Å². The Morgan fingerprint density at radius 1 is 0.281 bits per heavy atom. The number of aryl methyl sites for hydroxylation is 3. The minimum atomic E-state index is 0.827. The number of hydrogen-bond acceptors (Lipinski definition) is 7. The van der Waals surface area contributed by atoms with Crippen molar-refractivity contribution in [2.24, 2.45) is 0 Å². The molecule has 0 aromatic heterocycles. The Bertz CT molecular complexity index is 2910. The van der Waals surface area contributed by atoms with Gasteiger partial charge >= 0.3 is 0 Å². The predicted molar refractivity (Wildman–Crippen MR) is 260 cm³/mol. The summed E-state index contributed by atoms with van der Waals surface area (Å²) in [5.41, 5.74) is 15.6. The summed E-state index contributed by atoms with van der Waals surface area (Å²) in [7, 11) is 0. The summed E-state index contributed by atoms with van der Waals surface area (Å²) in [6, 6.07) is 70.2. The fourth-order valence-electron chi connectivity index (χ4n) is 9.13. The van der Waals surface area contributed by atoms with Crippen LogP contribution in [0.3, 0.4) is 0 Å². The van der Waals surface area contributed by atoms with Gasteiger partial charge < -0.3 is 33.8 Å². The summed E-state index contributed by atoms with van der Waals surface area (Å²) in [5, 5.41) is 0. The monoisotopic (exact) mass is 830 g/mol. The van der Waals surface area contributed by atoms with E-state index in [-0.39, 0.29) is 0 Å². The molecule has 0 bridgehead atoms. The van der Waals surface area contributed by atoms with Crippen molar-refractivity contribution in [3.8, 4) is 34.5 Å². The van der Waals surface area contributed by atoms with Crippen LogP contribution in [-0.4, -0.2) is 0 Å². The Labute approximate surface area is 372 Å². The molecule has 0 saturated carbocycles. The Morgan fingerprint density at radius 3 is 0.844 bits per heavy atom. The summed E-state index contributed by atoms with van der Waals surface area (Å²) in [4.78, 5) is 9.16. The molecule has 9 aromatic carbocycles. The van der Waals surface area contributed by atoms with Gasteiger partial charge in [0.05, 0.1) is 34.1 Å². The standard InChI is InChI=1S/C57H42N4O3/c1-37-16-31-49-55(34-37)62-52-13-7-4-10-46(52)59(49)43-25-19-40(20-26-43)58(41-21-27-44(28-22-41)60-47-11-5-8-14-53(47)63-56-35-38(2)17-32-50(56)60)42-23-29-45(30-24-42)61-48-12-6-9-15-54(48)64-57-36-39(3)18-33-51(57)61/h4-36H,1-3H3. The Kier molecular flexibility index (Phi) is 8.69. The highest BCUT2D eigenvalue weighted by Crippen LogP contribution is 2.54. The van der Waals surface area contributed by atoms with Crippen molar-refractivity contribution in [3.05, 3.63) is 217 Å². The van der Waals surface area contributed by atoms with E-state index >= 15 is 0 Å². The zero-order chi connectivity index (χ0) is 42.9. The molecule has 64 heavy (non-hydrogen) atoms. The van der Waals surface area contributed by atoms with Crippen LogP contribution in [0.5, 0.6) is 34.5 Å². The van der Waals surface area contributed by atoms with Crippen molar-refractivity contribution in [1.82, 2.24) is 0 Å². The predicted octanol–water partition coefficient (Wildman–Crippen LogP) is 16.8. The molecule has 0 aliphatic carbocycles. The van der Waals surface area contributed by atoms with Gasteiger partial charge in [0, 0.05) is 34.1 Å². The first-order chi connectivity index (χ1) is 31.4. The van der Waals surface area contributed by atoms with Gasteiger partial charge in [-0.25, -0.2) is 0 Å². The average Bonchev–Trinajstić information content (AvgIpc) is 3.32. The van der Waals surface area contributed by atoms with Crippen LogP contribution in [-0.2, 0) is 0 Å². The molecule has 0 unspecified atom stereocenters. The van der Waals surface area contributed by atoms with Gasteiger partial charge in [0.25, 0.3) is 0 Å². The number of nitrogens with zero attached hydrogens (tertiary/aromatic N) is 4. The molecule has 9 aromatic rings. The second-order valence-electron chi connectivity index (χ2n) is 16.5. The fourth-order valence-corrected chi connectivity index (χ4v) is 9.13. The molecule has 0 fully saturated rings. The lowest BCUT2D eigenvalue weighted by atomic mass is 10.1. The fraction of sp³-hybridized carbons (Fsp3) is 0.0526. The van der Waals surface area contributed by atoms with Crippen LogP contribution in [0.25, 0.3) is 0 Å². The zero-order valence-electron chi connectivity index (χ0n) is 35.6. The van der Waals surface area contributed by atoms with Gasteiger partial charge in [-0.15, -0.1) is 0 Å². The molecule has 7 nitrogen and oxygen atoms in total. The maximum Gasteiger partial charge on any atom is 0.151 e. The van der Waals surface area contributed by atoms with E-state index in [2.05, 4.69) is 204 Å². The van der Waals surface area contributed by atoms with Gasteiger partial charge in [-0.1, -0.05) is 54.6 Å². The van der Waals surface area contributed by atoms with E-state index in [0.717, 1.165) is 119 Å². The van der Waals surface area contributed by atoms with Crippen LogP contribution in [0.15, 0.2) is 200 Å². The number of fused-ring (bicyclic) bond motifs is 6. The number of hydrogen-bond donors (Lipinski definition) is 0. The van der Waals surface area contributed by atoms with Crippen LogP contribution in [0, 0.1) is 20.8 Å². The first-order valence-corrected chi connectivity index (χ1v) is 21.6.